The van der Waals surface area contributed by atoms with Gasteiger partial charge in [-0.15, -0.1) is 0 Å². The number of halogens is 3. The van der Waals surface area contributed by atoms with Crippen LogP contribution in [-0.2, 0) is 6.18 Å². The third-order valence-corrected chi connectivity index (χ3v) is 2.28. The summed E-state index contributed by atoms with van der Waals surface area (Å²) in [7, 11) is 1.38. The molecule has 5 N–H and O–H groups in total. The number of non-ortho nitro benzene ring substituents is 1. The molecule has 0 aliphatic heterocycles. The number of nitrogens with zero attached hydrogens (tertiary/aromatic N) is 1. The zero-order valence-electron chi connectivity index (χ0n) is 10.6. The van der Waals surface area contributed by atoms with Crippen molar-refractivity contribution in [1.82, 2.24) is 10.6 Å². The second-order valence-electron chi connectivity index (χ2n) is 3.73. The Morgan fingerprint density at radius 2 is 1.90 bits per heavy atom. The standard InChI is InChI=1S/C10H11F3N6O2/c1-16-8(14)18-9(15)17-7-3-2-5(19(20)21)4-6(7)10(11,12)13/h2-4H,1H3,(H5,14,15,16,17,18). The van der Waals surface area contributed by atoms with E-state index >= 15 is 0 Å². The first kappa shape index (κ1) is 16.2. The maximum absolute atomic E-state index is 12.9. The molecule has 0 saturated heterocycles. The van der Waals surface area contributed by atoms with Crippen LogP contribution in [0.25, 0.3) is 0 Å². The first-order valence-electron chi connectivity index (χ1n) is 5.39. The molecular weight excluding hydrogens is 293 g/mol. The normalized spacial score (nSPS) is 10.7. The fourth-order valence-corrected chi connectivity index (χ4v) is 1.34. The Balaban J connectivity index is 3.09. The highest BCUT2D eigenvalue weighted by atomic mass is 19.4. The van der Waals surface area contributed by atoms with E-state index in [1.165, 1.54) is 7.05 Å². The van der Waals surface area contributed by atoms with E-state index in [2.05, 4.69) is 16.0 Å². The number of hydrogen-bond donors (Lipinski definition) is 5. The number of hydrogen-bond acceptors (Lipinski definition) is 4. The van der Waals surface area contributed by atoms with E-state index in [-0.39, 0.29) is 5.96 Å². The fraction of sp³-hybridized carbons (Fsp3) is 0.200. The van der Waals surface area contributed by atoms with Crippen molar-refractivity contribution in [2.75, 3.05) is 12.4 Å². The molecule has 114 valence electrons. The quantitative estimate of drug-likeness (QED) is 0.246. The Labute approximate surface area is 116 Å². The van der Waals surface area contributed by atoms with E-state index in [0.717, 1.165) is 12.1 Å². The van der Waals surface area contributed by atoms with Crippen LogP contribution in [0, 0.1) is 20.9 Å². The van der Waals surface area contributed by atoms with Gasteiger partial charge in [0.05, 0.1) is 16.2 Å². The molecule has 0 bridgehead atoms. The number of alkyl halides is 3. The molecule has 1 rings (SSSR count). The van der Waals surface area contributed by atoms with Crippen LogP contribution < -0.4 is 16.0 Å². The molecule has 0 saturated carbocycles. The number of nitro benzene ring substituents is 1. The zero-order chi connectivity index (χ0) is 16.2. The number of anilines is 1. The van der Waals surface area contributed by atoms with Crippen LogP contribution in [0.15, 0.2) is 18.2 Å². The van der Waals surface area contributed by atoms with Gasteiger partial charge in [0.2, 0.25) is 0 Å². The number of nitro groups is 1. The van der Waals surface area contributed by atoms with Gasteiger partial charge in [-0.2, -0.15) is 13.2 Å². The molecule has 1 aromatic rings. The highest BCUT2D eigenvalue weighted by Gasteiger charge is 2.35. The van der Waals surface area contributed by atoms with Crippen molar-refractivity contribution in [2.45, 2.75) is 6.18 Å². The molecule has 0 fully saturated rings. The molecule has 0 aromatic heterocycles. The Bertz CT molecular complexity index is 587. The summed E-state index contributed by atoms with van der Waals surface area (Å²) in [5.74, 6) is -0.892. The smallest absolute Gasteiger partial charge is 0.359 e. The lowest BCUT2D eigenvalue weighted by Crippen LogP contribution is -2.41. The van der Waals surface area contributed by atoms with E-state index < -0.39 is 34.0 Å². The van der Waals surface area contributed by atoms with Gasteiger partial charge >= 0.3 is 6.18 Å². The molecule has 11 heteroatoms. The van der Waals surface area contributed by atoms with Crippen LogP contribution in [0.1, 0.15) is 5.56 Å². The first-order chi connectivity index (χ1) is 9.65. The largest absolute Gasteiger partial charge is 0.418 e. The zero-order valence-corrected chi connectivity index (χ0v) is 10.6. The molecule has 0 spiro atoms. The average Bonchev–Trinajstić information content (AvgIpc) is 2.37. The van der Waals surface area contributed by atoms with Crippen LogP contribution in [0.3, 0.4) is 0 Å². The molecule has 0 unspecified atom stereocenters. The van der Waals surface area contributed by atoms with Gasteiger partial charge < -0.3 is 10.6 Å². The maximum Gasteiger partial charge on any atom is 0.418 e. The predicted molar refractivity (Wildman–Crippen MR) is 69.4 cm³/mol. The van der Waals surface area contributed by atoms with Crippen LogP contribution in [0.2, 0.25) is 0 Å². The Hall–Kier alpha value is -2.85. The number of guanidine groups is 2. The van der Waals surface area contributed by atoms with E-state index in [0.29, 0.717) is 6.07 Å². The second-order valence-corrected chi connectivity index (χ2v) is 3.73. The molecule has 0 aliphatic carbocycles. The molecular formula is C10H11F3N6O2. The third-order valence-electron chi connectivity index (χ3n) is 2.28. The Morgan fingerprint density at radius 3 is 2.38 bits per heavy atom. The molecule has 0 radical (unpaired) electrons. The summed E-state index contributed by atoms with van der Waals surface area (Å²) in [4.78, 5) is 9.58. The van der Waals surface area contributed by atoms with Crippen molar-refractivity contribution in [1.29, 1.82) is 10.8 Å². The van der Waals surface area contributed by atoms with Crippen molar-refractivity contribution in [2.24, 2.45) is 0 Å². The predicted octanol–water partition coefficient (Wildman–Crippen LogP) is 1.70. The van der Waals surface area contributed by atoms with Crippen molar-refractivity contribution in [3.63, 3.8) is 0 Å². The average molecular weight is 304 g/mol. The van der Waals surface area contributed by atoms with Gasteiger partial charge in [-0.05, 0) is 6.07 Å². The van der Waals surface area contributed by atoms with Gasteiger partial charge in [-0.1, -0.05) is 0 Å². The topological polar surface area (TPSA) is 127 Å². The molecule has 1 aromatic carbocycles. The van der Waals surface area contributed by atoms with E-state index in [1.807, 2.05) is 0 Å². The summed E-state index contributed by atoms with van der Waals surface area (Å²) >= 11 is 0. The SMILES string of the molecule is CNC(=N)NC(=N)Nc1ccc([N+](=O)[O-])cc1C(F)(F)F. The Morgan fingerprint density at radius 1 is 1.29 bits per heavy atom. The van der Waals surface area contributed by atoms with Gasteiger partial charge in [0.25, 0.3) is 5.69 Å². The van der Waals surface area contributed by atoms with Gasteiger partial charge in [0, 0.05) is 19.2 Å². The molecule has 0 aliphatic rings. The fourth-order valence-electron chi connectivity index (χ4n) is 1.34. The minimum absolute atomic E-state index is 0.303. The van der Waals surface area contributed by atoms with Crippen LogP contribution >= 0.6 is 0 Å². The minimum atomic E-state index is -4.83. The lowest BCUT2D eigenvalue weighted by Gasteiger charge is -2.15. The summed E-state index contributed by atoms with van der Waals surface area (Å²) in [6.07, 6.45) is -4.83. The highest BCUT2D eigenvalue weighted by molar-refractivity contribution is 6.02. The minimum Gasteiger partial charge on any atom is -0.359 e. The van der Waals surface area contributed by atoms with Crippen molar-refractivity contribution < 1.29 is 18.1 Å². The Kier molecular flexibility index (Phi) is 4.68. The van der Waals surface area contributed by atoms with Crippen LogP contribution in [0.4, 0.5) is 24.5 Å². The number of rotatable bonds is 2. The van der Waals surface area contributed by atoms with E-state index in [9.17, 15) is 23.3 Å². The maximum atomic E-state index is 12.9. The van der Waals surface area contributed by atoms with Gasteiger partial charge in [-0.25, -0.2) is 0 Å². The highest BCUT2D eigenvalue weighted by Crippen LogP contribution is 2.36. The van der Waals surface area contributed by atoms with E-state index in [1.54, 1.807) is 0 Å². The lowest BCUT2D eigenvalue weighted by molar-refractivity contribution is -0.385. The van der Waals surface area contributed by atoms with E-state index in [4.69, 9.17) is 10.8 Å². The summed E-state index contributed by atoms with van der Waals surface area (Å²) in [6.45, 7) is 0. The number of nitrogens with one attached hydrogen (secondary N) is 5. The van der Waals surface area contributed by atoms with Gasteiger partial charge in [-0.3, -0.25) is 26.2 Å². The first-order valence-corrected chi connectivity index (χ1v) is 5.39. The van der Waals surface area contributed by atoms with Crippen molar-refractivity contribution in [3.8, 4) is 0 Å². The summed E-state index contributed by atoms with van der Waals surface area (Å²) in [5, 5.41) is 31.7. The van der Waals surface area contributed by atoms with Crippen LogP contribution in [0.5, 0.6) is 0 Å². The van der Waals surface area contributed by atoms with Crippen molar-refractivity contribution in [3.05, 3.63) is 33.9 Å². The summed E-state index contributed by atoms with van der Waals surface area (Å²) in [6, 6.07) is 2.10. The van der Waals surface area contributed by atoms with Crippen molar-refractivity contribution >= 4 is 23.3 Å². The summed E-state index contributed by atoms with van der Waals surface area (Å²) in [5.41, 5.74) is -2.52. The van der Waals surface area contributed by atoms with Crippen LogP contribution in [-0.4, -0.2) is 23.9 Å². The third kappa shape index (κ3) is 4.33. The number of benzene rings is 1. The van der Waals surface area contributed by atoms with Gasteiger partial charge in [0.1, 0.15) is 0 Å². The molecule has 0 atom stereocenters. The molecule has 8 nitrogen and oxygen atoms in total. The molecule has 21 heavy (non-hydrogen) atoms. The monoisotopic (exact) mass is 304 g/mol. The molecule has 0 amide bonds. The summed E-state index contributed by atoms with van der Waals surface area (Å²) < 4.78 is 38.6. The lowest BCUT2D eigenvalue weighted by atomic mass is 10.1. The molecule has 0 heterocycles. The van der Waals surface area contributed by atoms with Gasteiger partial charge in [0.15, 0.2) is 11.9 Å². The second kappa shape index (κ2) is 6.07.